The lowest BCUT2D eigenvalue weighted by molar-refractivity contribution is 0.602. The van der Waals surface area contributed by atoms with Gasteiger partial charge in [0.25, 0.3) is 0 Å². The van der Waals surface area contributed by atoms with Gasteiger partial charge in [-0.05, 0) is 48.4 Å². The van der Waals surface area contributed by atoms with E-state index in [2.05, 4.69) is 30.9 Å². The smallest absolute Gasteiger partial charge is 0.232 e. The van der Waals surface area contributed by atoms with Gasteiger partial charge in [-0.3, -0.25) is 0 Å². The van der Waals surface area contributed by atoms with Crippen LogP contribution in [0.1, 0.15) is 11.1 Å². The Morgan fingerprint density at radius 1 is 1.03 bits per heavy atom. The molecular formula is C19H19FN6O2S. The van der Waals surface area contributed by atoms with E-state index < -0.39 is 15.7 Å². The molecule has 0 unspecified atom stereocenters. The molecule has 29 heavy (non-hydrogen) atoms. The zero-order valence-electron chi connectivity index (χ0n) is 15.6. The van der Waals surface area contributed by atoms with Crippen LogP contribution in [0, 0.1) is 5.82 Å². The van der Waals surface area contributed by atoms with Crippen molar-refractivity contribution in [2.24, 2.45) is 0 Å². The average molecular weight is 414 g/mol. The largest absolute Gasteiger partial charge is 0.323 e. The first-order chi connectivity index (χ1) is 13.9. The highest BCUT2D eigenvalue weighted by atomic mass is 32.2. The molecule has 1 aliphatic rings. The number of nitrogens with zero attached hydrogens (tertiary/aromatic N) is 3. The van der Waals surface area contributed by atoms with Crippen molar-refractivity contribution in [3.63, 3.8) is 0 Å². The molecule has 0 saturated heterocycles. The third-order valence-corrected chi connectivity index (χ3v) is 5.68. The van der Waals surface area contributed by atoms with Crippen LogP contribution in [0.4, 0.5) is 27.7 Å². The van der Waals surface area contributed by atoms with Crippen molar-refractivity contribution >= 4 is 33.1 Å². The topological polar surface area (TPSA) is 109 Å². The van der Waals surface area contributed by atoms with E-state index in [1.54, 1.807) is 24.3 Å². The summed E-state index contributed by atoms with van der Waals surface area (Å²) in [6.07, 6.45) is 3.21. The maximum absolute atomic E-state index is 14.5. The summed E-state index contributed by atoms with van der Waals surface area (Å²) in [5.41, 5.74) is 2.63. The Morgan fingerprint density at radius 3 is 2.52 bits per heavy atom. The van der Waals surface area contributed by atoms with E-state index in [9.17, 15) is 12.8 Å². The maximum atomic E-state index is 14.5. The number of rotatable bonds is 5. The van der Waals surface area contributed by atoms with Gasteiger partial charge in [0.2, 0.25) is 11.9 Å². The van der Waals surface area contributed by atoms with E-state index in [0.717, 1.165) is 30.3 Å². The SMILES string of the molecule is CS(=O)(=O)c1ccccc1Nc1ncnc(Nc2cc3c(cc2F)CNCC3)n1. The van der Waals surface area contributed by atoms with Gasteiger partial charge >= 0.3 is 0 Å². The standard InChI is InChI=1S/C19H19FN6O2S/c1-29(27,28)17-5-3-2-4-15(17)24-18-22-11-23-19(26-18)25-16-9-12-6-7-21-10-13(12)8-14(16)20/h2-5,8-9,11,21H,6-7,10H2,1H3,(H2,22,23,24,25,26). The minimum atomic E-state index is -3.43. The number of anilines is 4. The quantitative estimate of drug-likeness (QED) is 0.585. The van der Waals surface area contributed by atoms with Crippen molar-refractivity contribution in [1.82, 2.24) is 20.3 Å². The third kappa shape index (κ3) is 4.33. The summed E-state index contributed by atoms with van der Waals surface area (Å²) in [6, 6.07) is 9.72. The van der Waals surface area contributed by atoms with Crippen molar-refractivity contribution in [2.75, 3.05) is 23.4 Å². The van der Waals surface area contributed by atoms with Gasteiger partial charge < -0.3 is 16.0 Å². The molecule has 0 radical (unpaired) electrons. The summed E-state index contributed by atoms with van der Waals surface area (Å²) in [5, 5.41) is 8.98. The Hall–Kier alpha value is -3.11. The second kappa shape index (κ2) is 7.72. The molecule has 1 aromatic heterocycles. The van der Waals surface area contributed by atoms with Crippen molar-refractivity contribution in [2.45, 2.75) is 17.9 Å². The summed E-state index contributed by atoms with van der Waals surface area (Å²) in [5.74, 6) is -0.113. The number of benzene rings is 2. The number of halogens is 1. The minimum Gasteiger partial charge on any atom is -0.323 e. The van der Waals surface area contributed by atoms with Crippen molar-refractivity contribution < 1.29 is 12.8 Å². The molecule has 0 fully saturated rings. The highest BCUT2D eigenvalue weighted by Crippen LogP contribution is 2.26. The molecule has 3 aromatic rings. The van der Waals surface area contributed by atoms with Gasteiger partial charge in [0.05, 0.1) is 16.3 Å². The van der Waals surface area contributed by atoms with Gasteiger partial charge in [-0.2, -0.15) is 4.98 Å². The Labute approximate surface area is 167 Å². The van der Waals surface area contributed by atoms with Crippen LogP contribution in [0.2, 0.25) is 0 Å². The number of nitrogens with one attached hydrogen (secondary N) is 3. The molecule has 0 saturated carbocycles. The number of para-hydroxylation sites is 1. The zero-order valence-corrected chi connectivity index (χ0v) is 16.4. The monoisotopic (exact) mass is 414 g/mol. The molecule has 0 amide bonds. The summed E-state index contributed by atoms with van der Waals surface area (Å²) in [4.78, 5) is 12.4. The second-order valence-corrected chi connectivity index (χ2v) is 8.66. The minimum absolute atomic E-state index is 0.129. The Morgan fingerprint density at radius 2 is 1.76 bits per heavy atom. The number of sulfone groups is 1. The molecule has 0 spiro atoms. The van der Waals surface area contributed by atoms with E-state index >= 15 is 0 Å². The predicted octanol–water partition coefficient (Wildman–Crippen LogP) is 2.55. The van der Waals surface area contributed by atoms with E-state index in [0.29, 0.717) is 12.2 Å². The lowest BCUT2D eigenvalue weighted by Gasteiger charge is -2.18. The maximum Gasteiger partial charge on any atom is 0.232 e. The summed E-state index contributed by atoms with van der Waals surface area (Å²) >= 11 is 0. The normalized spacial score (nSPS) is 13.6. The summed E-state index contributed by atoms with van der Waals surface area (Å²) < 4.78 is 38.4. The molecule has 0 atom stereocenters. The van der Waals surface area contributed by atoms with Gasteiger partial charge in [-0.15, -0.1) is 0 Å². The fraction of sp³-hybridized carbons (Fsp3) is 0.211. The van der Waals surface area contributed by atoms with Gasteiger partial charge in [0.1, 0.15) is 12.1 Å². The van der Waals surface area contributed by atoms with Gasteiger partial charge in [0.15, 0.2) is 9.84 Å². The molecule has 4 rings (SSSR count). The Bertz CT molecular complexity index is 1170. The Kier molecular flexibility index (Phi) is 5.12. The molecular weight excluding hydrogens is 395 g/mol. The van der Waals surface area contributed by atoms with E-state index in [-0.39, 0.29) is 22.5 Å². The molecule has 8 nitrogen and oxygen atoms in total. The average Bonchev–Trinajstić information content (AvgIpc) is 2.68. The number of hydrogen-bond donors (Lipinski definition) is 3. The number of hydrogen-bond acceptors (Lipinski definition) is 8. The first-order valence-electron chi connectivity index (χ1n) is 8.94. The molecule has 10 heteroatoms. The van der Waals surface area contributed by atoms with Crippen LogP contribution in [0.3, 0.4) is 0 Å². The molecule has 2 aromatic carbocycles. The zero-order chi connectivity index (χ0) is 20.4. The lowest BCUT2D eigenvalue weighted by Crippen LogP contribution is -2.23. The molecule has 2 heterocycles. The summed E-state index contributed by atoms with van der Waals surface area (Å²) in [7, 11) is -3.43. The molecule has 1 aliphatic heterocycles. The van der Waals surface area contributed by atoms with Crippen LogP contribution < -0.4 is 16.0 Å². The van der Waals surface area contributed by atoms with Crippen LogP contribution in [-0.2, 0) is 22.8 Å². The highest BCUT2D eigenvalue weighted by Gasteiger charge is 2.16. The van der Waals surface area contributed by atoms with Crippen LogP contribution >= 0.6 is 0 Å². The molecule has 3 N–H and O–H groups in total. The van der Waals surface area contributed by atoms with Gasteiger partial charge in [-0.25, -0.2) is 22.8 Å². The van der Waals surface area contributed by atoms with Crippen molar-refractivity contribution in [3.8, 4) is 0 Å². The van der Waals surface area contributed by atoms with Gasteiger partial charge in [0, 0.05) is 12.8 Å². The van der Waals surface area contributed by atoms with Crippen LogP contribution in [-0.4, -0.2) is 36.2 Å². The highest BCUT2D eigenvalue weighted by molar-refractivity contribution is 7.90. The Balaban J connectivity index is 1.59. The fourth-order valence-electron chi connectivity index (χ4n) is 3.15. The number of aromatic nitrogens is 3. The van der Waals surface area contributed by atoms with Crippen LogP contribution in [0.5, 0.6) is 0 Å². The molecule has 0 bridgehead atoms. The van der Waals surface area contributed by atoms with Crippen molar-refractivity contribution in [3.05, 3.63) is 59.7 Å². The van der Waals surface area contributed by atoms with Crippen LogP contribution in [0.15, 0.2) is 47.6 Å². The van der Waals surface area contributed by atoms with E-state index in [1.165, 1.54) is 18.5 Å². The van der Waals surface area contributed by atoms with Crippen LogP contribution in [0.25, 0.3) is 0 Å². The molecule has 150 valence electrons. The first-order valence-corrected chi connectivity index (χ1v) is 10.8. The third-order valence-electron chi connectivity index (χ3n) is 4.53. The van der Waals surface area contributed by atoms with Gasteiger partial charge in [-0.1, -0.05) is 12.1 Å². The first kappa shape index (κ1) is 19.2. The fourth-order valence-corrected chi connectivity index (χ4v) is 3.99. The lowest BCUT2D eigenvalue weighted by atomic mass is 10.00. The summed E-state index contributed by atoms with van der Waals surface area (Å²) in [6.45, 7) is 1.49. The predicted molar refractivity (Wildman–Crippen MR) is 108 cm³/mol. The van der Waals surface area contributed by atoms with E-state index in [4.69, 9.17) is 0 Å². The second-order valence-electron chi connectivity index (χ2n) is 6.68. The van der Waals surface area contributed by atoms with Crippen molar-refractivity contribution in [1.29, 1.82) is 0 Å². The molecule has 0 aliphatic carbocycles. The van der Waals surface area contributed by atoms with E-state index in [1.807, 2.05) is 0 Å². The number of fused-ring (bicyclic) bond motifs is 1.